The fourth-order valence-corrected chi connectivity index (χ4v) is 2.12. The van der Waals surface area contributed by atoms with Crippen LogP contribution in [0.3, 0.4) is 0 Å². The maximum absolute atomic E-state index is 13.5. The SMILES string of the molecule is Cc1cc(F)c(CNC2CC(C(=O)[O-])C2)c(F)c1.[Na+]. The number of rotatable bonds is 4. The molecule has 6 heteroatoms. The van der Waals surface area contributed by atoms with Gasteiger partial charge in [0.25, 0.3) is 0 Å². The third-order valence-electron chi connectivity index (χ3n) is 3.32. The van der Waals surface area contributed by atoms with Crippen LogP contribution in [-0.2, 0) is 11.3 Å². The summed E-state index contributed by atoms with van der Waals surface area (Å²) in [6, 6.07) is 2.56. The average Bonchev–Trinajstić information content (AvgIpc) is 2.17. The second-order valence-electron chi connectivity index (χ2n) is 4.77. The van der Waals surface area contributed by atoms with Crippen molar-refractivity contribution in [2.45, 2.75) is 32.4 Å². The van der Waals surface area contributed by atoms with E-state index < -0.39 is 23.5 Å². The van der Waals surface area contributed by atoms with E-state index in [1.165, 1.54) is 12.1 Å². The van der Waals surface area contributed by atoms with Crippen molar-refractivity contribution in [3.8, 4) is 0 Å². The van der Waals surface area contributed by atoms with Crippen molar-refractivity contribution < 1.29 is 48.2 Å². The summed E-state index contributed by atoms with van der Waals surface area (Å²) < 4.78 is 27.0. The van der Waals surface area contributed by atoms with Crippen molar-refractivity contribution >= 4 is 5.97 Å². The third-order valence-corrected chi connectivity index (χ3v) is 3.32. The molecule has 0 aliphatic heterocycles. The molecule has 0 spiro atoms. The van der Waals surface area contributed by atoms with Gasteiger partial charge in [-0.15, -0.1) is 0 Å². The topological polar surface area (TPSA) is 52.2 Å². The summed E-state index contributed by atoms with van der Waals surface area (Å²) in [7, 11) is 0. The number of aryl methyl sites for hydroxylation is 1. The molecule has 0 heterocycles. The summed E-state index contributed by atoms with van der Waals surface area (Å²) in [5.74, 6) is -2.64. The molecule has 1 saturated carbocycles. The maximum Gasteiger partial charge on any atom is 1.00 e. The largest absolute Gasteiger partial charge is 1.00 e. The Morgan fingerprint density at radius 2 is 1.89 bits per heavy atom. The van der Waals surface area contributed by atoms with Crippen LogP contribution in [-0.4, -0.2) is 12.0 Å². The normalized spacial score (nSPS) is 21.4. The standard InChI is InChI=1S/C13H15F2NO2.Na/c1-7-2-11(14)10(12(15)3-7)6-16-9-4-8(5-9)13(17)18;/h2-3,8-9,16H,4-6H2,1H3,(H,17,18);/q;+1/p-1. The molecule has 1 aliphatic carbocycles. The summed E-state index contributed by atoms with van der Waals surface area (Å²) in [4.78, 5) is 10.5. The number of nitrogens with one attached hydrogen (secondary N) is 1. The second kappa shape index (κ2) is 6.79. The molecule has 3 nitrogen and oxygen atoms in total. The molecule has 0 amide bonds. The summed E-state index contributed by atoms with van der Waals surface area (Å²) in [5.41, 5.74) is 0.534. The van der Waals surface area contributed by atoms with E-state index in [-0.39, 0.29) is 47.7 Å². The van der Waals surface area contributed by atoms with Crippen molar-refractivity contribution in [1.82, 2.24) is 5.32 Å². The van der Waals surface area contributed by atoms with Gasteiger partial charge in [0, 0.05) is 30.0 Å². The quantitative estimate of drug-likeness (QED) is 0.641. The molecule has 1 N–H and O–H groups in total. The fraction of sp³-hybridized carbons (Fsp3) is 0.462. The van der Waals surface area contributed by atoms with Crippen molar-refractivity contribution in [3.05, 3.63) is 34.9 Å². The van der Waals surface area contributed by atoms with Crippen LogP contribution in [0.5, 0.6) is 0 Å². The Kier molecular flexibility index (Phi) is 5.92. The van der Waals surface area contributed by atoms with Gasteiger partial charge in [0.2, 0.25) is 0 Å². The molecule has 0 bridgehead atoms. The smallest absolute Gasteiger partial charge is 0.550 e. The van der Waals surface area contributed by atoms with E-state index in [0.717, 1.165) is 0 Å². The first-order chi connectivity index (χ1) is 8.47. The van der Waals surface area contributed by atoms with Gasteiger partial charge in [0.1, 0.15) is 11.6 Å². The molecule has 2 rings (SSSR count). The van der Waals surface area contributed by atoms with E-state index >= 15 is 0 Å². The average molecular weight is 277 g/mol. The Bertz CT molecular complexity index is 453. The van der Waals surface area contributed by atoms with E-state index in [9.17, 15) is 18.7 Å². The maximum atomic E-state index is 13.5. The molecule has 98 valence electrons. The monoisotopic (exact) mass is 277 g/mol. The molecule has 0 atom stereocenters. The van der Waals surface area contributed by atoms with Gasteiger partial charge in [-0.1, -0.05) is 0 Å². The minimum atomic E-state index is -1.05. The molecular formula is C13H14F2NNaO2. The summed E-state index contributed by atoms with van der Waals surface area (Å²) in [6.45, 7) is 1.70. The molecule has 1 fully saturated rings. The first-order valence-corrected chi connectivity index (χ1v) is 5.86. The molecule has 0 saturated heterocycles. The molecule has 0 aromatic heterocycles. The summed E-state index contributed by atoms with van der Waals surface area (Å²) >= 11 is 0. The van der Waals surface area contributed by atoms with E-state index in [0.29, 0.717) is 18.4 Å². The van der Waals surface area contributed by atoms with Crippen molar-refractivity contribution in [3.63, 3.8) is 0 Å². The molecular weight excluding hydrogens is 263 g/mol. The van der Waals surface area contributed by atoms with Crippen molar-refractivity contribution in [2.75, 3.05) is 0 Å². The summed E-state index contributed by atoms with van der Waals surface area (Å²) in [5, 5.41) is 13.4. The van der Waals surface area contributed by atoms with Gasteiger partial charge in [0.05, 0.1) is 0 Å². The van der Waals surface area contributed by atoms with Gasteiger partial charge in [-0.2, -0.15) is 0 Å². The van der Waals surface area contributed by atoms with Crippen LogP contribution in [0.1, 0.15) is 24.0 Å². The number of carbonyl (C=O) groups is 1. The second-order valence-corrected chi connectivity index (χ2v) is 4.77. The number of carboxylic acids is 1. The van der Waals surface area contributed by atoms with Gasteiger partial charge in [-0.05, 0) is 37.5 Å². The number of hydrogen-bond acceptors (Lipinski definition) is 3. The number of benzene rings is 1. The van der Waals surface area contributed by atoms with Crippen LogP contribution in [0.25, 0.3) is 0 Å². The van der Waals surface area contributed by atoms with Crippen molar-refractivity contribution in [2.24, 2.45) is 5.92 Å². The zero-order valence-electron chi connectivity index (χ0n) is 11.0. The van der Waals surface area contributed by atoms with Crippen LogP contribution in [0.15, 0.2) is 12.1 Å². The minimum absolute atomic E-state index is 0. The first kappa shape index (κ1) is 16.6. The van der Waals surface area contributed by atoms with E-state index in [1.54, 1.807) is 6.92 Å². The van der Waals surface area contributed by atoms with Gasteiger partial charge >= 0.3 is 29.6 Å². The Labute approximate surface area is 132 Å². The molecule has 19 heavy (non-hydrogen) atoms. The van der Waals surface area contributed by atoms with Gasteiger partial charge in [-0.25, -0.2) is 8.78 Å². The zero-order valence-corrected chi connectivity index (χ0v) is 13.0. The van der Waals surface area contributed by atoms with Gasteiger partial charge < -0.3 is 15.2 Å². The predicted octanol–water partition coefficient (Wildman–Crippen LogP) is -2.10. The van der Waals surface area contributed by atoms with Crippen LogP contribution in [0.4, 0.5) is 8.78 Å². The third kappa shape index (κ3) is 3.99. The molecule has 1 aromatic carbocycles. The first-order valence-electron chi connectivity index (χ1n) is 5.86. The Morgan fingerprint density at radius 3 is 2.37 bits per heavy atom. The fourth-order valence-electron chi connectivity index (χ4n) is 2.12. The zero-order chi connectivity index (χ0) is 13.3. The van der Waals surface area contributed by atoms with Crippen LogP contribution < -0.4 is 40.0 Å². The Morgan fingerprint density at radius 1 is 1.37 bits per heavy atom. The molecule has 1 aliphatic rings. The van der Waals surface area contributed by atoms with Gasteiger partial charge in [0.15, 0.2) is 0 Å². The van der Waals surface area contributed by atoms with E-state index in [2.05, 4.69) is 5.32 Å². The Hall–Kier alpha value is -0.490. The van der Waals surface area contributed by atoms with E-state index in [1.807, 2.05) is 0 Å². The molecule has 0 unspecified atom stereocenters. The Balaban J connectivity index is 0.00000180. The number of hydrogen-bond donors (Lipinski definition) is 1. The van der Waals surface area contributed by atoms with Crippen LogP contribution >= 0.6 is 0 Å². The minimum Gasteiger partial charge on any atom is -0.550 e. The number of aliphatic carboxylic acids is 1. The van der Waals surface area contributed by atoms with Crippen molar-refractivity contribution in [1.29, 1.82) is 0 Å². The number of carboxylic acid groups (broad SMARTS) is 1. The molecule has 0 radical (unpaired) electrons. The number of carbonyl (C=O) groups excluding carboxylic acids is 1. The number of halogens is 2. The molecule has 1 aromatic rings. The summed E-state index contributed by atoms with van der Waals surface area (Å²) in [6.07, 6.45) is 0.912. The van der Waals surface area contributed by atoms with E-state index in [4.69, 9.17) is 0 Å². The van der Waals surface area contributed by atoms with Gasteiger partial charge in [-0.3, -0.25) is 0 Å². The predicted molar refractivity (Wildman–Crippen MR) is 59.5 cm³/mol. The van der Waals surface area contributed by atoms with Crippen LogP contribution in [0.2, 0.25) is 0 Å². The van der Waals surface area contributed by atoms with Crippen LogP contribution in [0, 0.1) is 24.5 Å².